The van der Waals surface area contributed by atoms with Gasteiger partial charge >= 0.3 is 5.69 Å². The number of aromatic nitrogens is 3. The summed E-state index contributed by atoms with van der Waals surface area (Å²) in [7, 11) is 0. The lowest BCUT2D eigenvalue weighted by Gasteiger charge is -2.17. The van der Waals surface area contributed by atoms with Crippen molar-refractivity contribution < 1.29 is 0 Å². The Morgan fingerprint density at radius 2 is 2.18 bits per heavy atom. The molecule has 1 atom stereocenters. The molecule has 0 spiro atoms. The number of pyridine rings is 1. The van der Waals surface area contributed by atoms with Gasteiger partial charge in [-0.05, 0) is 29.7 Å². The topological polar surface area (TPSA) is 39.3 Å². The van der Waals surface area contributed by atoms with Gasteiger partial charge in [0.15, 0.2) is 5.65 Å². The van der Waals surface area contributed by atoms with Crippen molar-refractivity contribution >= 4 is 18.3 Å². The second-order valence-electron chi connectivity index (χ2n) is 4.58. The second-order valence-corrected chi connectivity index (χ2v) is 4.95. The Kier molecular flexibility index (Phi) is 3.57. The minimum Gasteiger partial charge on any atom is -0.250 e. The number of hydrogen-bond donors (Lipinski definition) is 1. The highest BCUT2D eigenvalue weighted by Crippen LogP contribution is 2.14. The fourth-order valence-electron chi connectivity index (χ4n) is 1.79. The lowest BCUT2D eigenvalue weighted by Crippen LogP contribution is -2.27. The molecule has 17 heavy (non-hydrogen) atoms. The van der Waals surface area contributed by atoms with Crippen molar-refractivity contribution in [1.82, 2.24) is 14.2 Å². The van der Waals surface area contributed by atoms with Crippen LogP contribution in [0.1, 0.15) is 13.8 Å². The molecule has 0 aliphatic carbocycles. The average Bonchev–Trinajstić information content (AvgIpc) is 2.63. The Bertz CT molecular complexity index is 558. The molecule has 92 valence electrons. The number of hydrogen-bond acceptors (Lipinski definition) is 3. The Balaban J connectivity index is 2.36. The third-order valence-corrected chi connectivity index (χ3v) is 3.54. The maximum Gasteiger partial charge on any atom is 0.350 e. The van der Waals surface area contributed by atoms with Crippen molar-refractivity contribution in [1.29, 1.82) is 0 Å². The molecule has 0 aromatic carbocycles. The Hall–Kier alpha value is -1.23. The number of rotatable bonds is 4. The summed E-state index contributed by atoms with van der Waals surface area (Å²) in [5.74, 6) is 1.61. The van der Waals surface area contributed by atoms with Crippen LogP contribution in [0.25, 0.3) is 5.65 Å². The molecule has 0 aliphatic rings. The predicted octanol–water partition coefficient (Wildman–Crippen LogP) is 1.70. The fraction of sp³-hybridized carbons (Fsp3) is 0.500. The third-order valence-electron chi connectivity index (χ3n) is 3.07. The molecule has 2 rings (SSSR count). The van der Waals surface area contributed by atoms with Gasteiger partial charge in [-0.15, -0.1) is 5.10 Å². The van der Waals surface area contributed by atoms with Crippen LogP contribution in [0.3, 0.4) is 0 Å². The van der Waals surface area contributed by atoms with Gasteiger partial charge in [-0.2, -0.15) is 12.6 Å². The summed E-state index contributed by atoms with van der Waals surface area (Å²) in [6.07, 6.45) is 1.74. The molecule has 0 aliphatic heterocycles. The maximum atomic E-state index is 12.0. The van der Waals surface area contributed by atoms with Gasteiger partial charge in [-0.3, -0.25) is 4.40 Å². The molecule has 2 aromatic rings. The molecule has 4 nitrogen and oxygen atoms in total. The van der Waals surface area contributed by atoms with Crippen LogP contribution in [-0.2, 0) is 6.54 Å². The van der Waals surface area contributed by atoms with Crippen molar-refractivity contribution in [3.05, 3.63) is 34.9 Å². The van der Waals surface area contributed by atoms with Gasteiger partial charge in [-0.1, -0.05) is 19.9 Å². The fourth-order valence-corrected chi connectivity index (χ4v) is 2.33. The molecule has 0 N–H and O–H groups in total. The molecule has 0 saturated heterocycles. The van der Waals surface area contributed by atoms with E-state index >= 15 is 0 Å². The van der Waals surface area contributed by atoms with Gasteiger partial charge in [0, 0.05) is 6.20 Å². The summed E-state index contributed by atoms with van der Waals surface area (Å²) in [6, 6.07) is 5.55. The normalized spacial score (nSPS) is 13.4. The van der Waals surface area contributed by atoms with E-state index in [1.54, 1.807) is 10.6 Å². The largest absolute Gasteiger partial charge is 0.350 e. The van der Waals surface area contributed by atoms with Crippen LogP contribution in [0.4, 0.5) is 0 Å². The monoisotopic (exact) mass is 251 g/mol. The van der Waals surface area contributed by atoms with Crippen LogP contribution >= 0.6 is 12.6 Å². The number of fused-ring (bicyclic) bond motifs is 1. The van der Waals surface area contributed by atoms with E-state index in [1.165, 1.54) is 4.68 Å². The van der Waals surface area contributed by atoms with Crippen molar-refractivity contribution in [3.8, 4) is 0 Å². The first kappa shape index (κ1) is 12.2. The highest BCUT2D eigenvalue weighted by Gasteiger charge is 2.15. The van der Waals surface area contributed by atoms with Crippen LogP contribution in [0, 0.1) is 11.8 Å². The van der Waals surface area contributed by atoms with Gasteiger partial charge < -0.3 is 0 Å². The van der Waals surface area contributed by atoms with Crippen LogP contribution in [0.15, 0.2) is 29.2 Å². The summed E-state index contributed by atoms with van der Waals surface area (Å²) >= 11 is 4.33. The standard InChI is InChI=1S/C12H17N3OS/c1-9(2)10(8-17)7-15-12(16)14-6-4-3-5-11(14)13-15/h3-6,9-10,17H,7-8H2,1-2H3. The summed E-state index contributed by atoms with van der Waals surface area (Å²) in [6.45, 7) is 4.91. The zero-order valence-corrected chi connectivity index (χ0v) is 11.0. The van der Waals surface area contributed by atoms with Crippen molar-refractivity contribution in [2.24, 2.45) is 11.8 Å². The maximum absolute atomic E-state index is 12.0. The van der Waals surface area contributed by atoms with Gasteiger partial charge in [0.1, 0.15) is 0 Å². The smallest absolute Gasteiger partial charge is 0.250 e. The average molecular weight is 251 g/mol. The Labute approximate surface area is 106 Å². The first-order chi connectivity index (χ1) is 8.13. The van der Waals surface area contributed by atoms with E-state index in [0.717, 1.165) is 5.75 Å². The van der Waals surface area contributed by atoms with Gasteiger partial charge in [-0.25, -0.2) is 9.48 Å². The molecule has 0 bridgehead atoms. The van der Waals surface area contributed by atoms with Gasteiger partial charge in [0.2, 0.25) is 0 Å². The first-order valence-corrected chi connectivity index (χ1v) is 6.41. The number of nitrogens with zero attached hydrogens (tertiary/aromatic N) is 3. The SMILES string of the molecule is CC(C)C(CS)Cn1nc2ccccn2c1=O. The quantitative estimate of drug-likeness (QED) is 0.840. The third kappa shape index (κ3) is 2.39. The molecular formula is C12H17N3OS. The zero-order chi connectivity index (χ0) is 12.4. The Morgan fingerprint density at radius 3 is 2.76 bits per heavy atom. The minimum atomic E-state index is -0.0759. The van der Waals surface area contributed by atoms with E-state index in [1.807, 2.05) is 18.2 Å². The van der Waals surface area contributed by atoms with E-state index in [9.17, 15) is 4.79 Å². The summed E-state index contributed by atoms with van der Waals surface area (Å²) in [5.41, 5.74) is 0.618. The molecule has 1 unspecified atom stereocenters. The Morgan fingerprint density at radius 1 is 1.41 bits per heavy atom. The van der Waals surface area contributed by atoms with E-state index in [2.05, 4.69) is 31.6 Å². The van der Waals surface area contributed by atoms with E-state index in [4.69, 9.17) is 0 Å². The molecule has 0 saturated carbocycles. The number of thiol groups is 1. The molecular weight excluding hydrogens is 234 g/mol. The molecule has 5 heteroatoms. The molecule has 0 amide bonds. The van der Waals surface area contributed by atoms with E-state index < -0.39 is 0 Å². The van der Waals surface area contributed by atoms with Crippen LogP contribution in [0.2, 0.25) is 0 Å². The van der Waals surface area contributed by atoms with Crippen molar-refractivity contribution in [3.63, 3.8) is 0 Å². The zero-order valence-electron chi connectivity index (χ0n) is 10.1. The first-order valence-electron chi connectivity index (χ1n) is 5.78. The van der Waals surface area contributed by atoms with E-state index in [0.29, 0.717) is 24.0 Å². The van der Waals surface area contributed by atoms with E-state index in [-0.39, 0.29) is 5.69 Å². The van der Waals surface area contributed by atoms with Crippen LogP contribution in [-0.4, -0.2) is 19.9 Å². The molecule has 0 fully saturated rings. The lowest BCUT2D eigenvalue weighted by atomic mass is 9.98. The molecule has 2 aromatic heterocycles. The van der Waals surface area contributed by atoms with Gasteiger partial charge in [0.05, 0.1) is 6.54 Å². The molecule has 2 heterocycles. The minimum absolute atomic E-state index is 0.0759. The van der Waals surface area contributed by atoms with Crippen molar-refractivity contribution in [2.45, 2.75) is 20.4 Å². The summed E-state index contributed by atoms with van der Waals surface area (Å²) in [5, 5.41) is 4.32. The summed E-state index contributed by atoms with van der Waals surface area (Å²) < 4.78 is 3.10. The summed E-state index contributed by atoms with van der Waals surface area (Å²) in [4.78, 5) is 12.0. The predicted molar refractivity (Wildman–Crippen MR) is 71.6 cm³/mol. The lowest BCUT2D eigenvalue weighted by molar-refractivity contribution is 0.350. The van der Waals surface area contributed by atoms with Crippen LogP contribution in [0.5, 0.6) is 0 Å². The van der Waals surface area contributed by atoms with Gasteiger partial charge in [0.25, 0.3) is 0 Å². The molecule has 0 radical (unpaired) electrons. The highest BCUT2D eigenvalue weighted by atomic mass is 32.1. The highest BCUT2D eigenvalue weighted by molar-refractivity contribution is 7.80. The van der Waals surface area contributed by atoms with Crippen molar-refractivity contribution in [2.75, 3.05) is 5.75 Å². The second kappa shape index (κ2) is 4.96. The van der Waals surface area contributed by atoms with Crippen LogP contribution < -0.4 is 5.69 Å².